The number of sulfonamides is 1. The Labute approximate surface area is 105 Å². The van der Waals surface area contributed by atoms with Gasteiger partial charge in [0.1, 0.15) is 0 Å². The fourth-order valence-electron chi connectivity index (χ4n) is 1.67. The maximum absolute atomic E-state index is 11.8. The van der Waals surface area contributed by atoms with Crippen molar-refractivity contribution in [3.05, 3.63) is 23.4 Å². The van der Waals surface area contributed by atoms with Gasteiger partial charge in [-0.05, 0) is 25.0 Å². The van der Waals surface area contributed by atoms with E-state index in [1.807, 2.05) is 0 Å². The topological polar surface area (TPSA) is 68.3 Å². The molecule has 1 fully saturated rings. The Hall–Kier alpha value is -0.850. The number of nitrogens with zero attached hydrogens (tertiary/aromatic N) is 1. The highest BCUT2D eigenvalue weighted by Gasteiger charge is 2.23. The Kier molecular flexibility index (Phi) is 3.86. The number of anilines is 1. The number of nitrogens with one attached hydrogen (secondary N) is 1. The first-order valence-electron chi connectivity index (χ1n) is 5.29. The number of ether oxygens (including phenoxy) is 1. The summed E-state index contributed by atoms with van der Waals surface area (Å²) in [6, 6.07) is 3.22. The average Bonchev–Trinajstić information content (AvgIpc) is 2.73. The van der Waals surface area contributed by atoms with E-state index in [4.69, 9.17) is 16.3 Å². The van der Waals surface area contributed by atoms with Crippen LogP contribution in [0.4, 0.5) is 5.82 Å². The first-order valence-corrected chi connectivity index (χ1v) is 7.32. The smallest absolute Gasteiger partial charge is 0.236 e. The molecule has 5 nitrogen and oxygen atoms in total. The van der Waals surface area contributed by atoms with E-state index in [2.05, 4.69) is 9.71 Å². The van der Waals surface area contributed by atoms with E-state index in [1.165, 1.54) is 6.20 Å². The second-order valence-corrected chi connectivity index (χ2v) is 6.03. The zero-order chi connectivity index (χ0) is 12.3. The van der Waals surface area contributed by atoms with Crippen LogP contribution in [0.5, 0.6) is 0 Å². The van der Waals surface area contributed by atoms with Crippen molar-refractivity contribution in [1.29, 1.82) is 0 Å². The summed E-state index contributed by atoms with van der Waals surface area (Å²) >= 11 is 5.83. The first kappa shape index (κ1) is 12.6. The molecule has 1 atom stereocenters. The second-order valence-electron chi connectivity index (χ2n) is 3.85. The number of rotatable bonds is 4. The summed E-state index contributed by atoms with van der Waals surface area (Å²) in [5.41, 5.74) is 0. The van der Waals surface area contributed by atoms with Crippen molar-refractivity contribution < 1.29 is 13.2 Å². The molecular weight excluding hydrogens is 264 g/mol. The van der Waals surface area contributed by atoms with E-state index in [0.717, 1.165) is 12.8 Å². The third-order valence-corrected chi connectivity index (χ3v) is 4.06. The molecule has 0 saturated carbocycles. The standard InChI is InChI=1S/C10H13ClN2O3S/c11-9-4-1-5-12-10(9)13-17(14,15)7-8-3-2-6-16-8/h1,4-5,8H,2-3,6-7H2,(H,12,13). The number of halogens is 1. The molecule has 1 aromatic heterocycles. The van der Waals surface area contributed by atoms with Crippen LogP contribution in [0.1, 0.15) is 12.8 Å². The highest BCUT2D eigenvalue weighted by molar-refractivity contribution is 7.92. The van der Waals surface area contributed by atoms with Crippen LogP contribution in [-0.2, 0) is 14.8 Å². The molecular formula is C10H13ClN2O3S. The Morgan fingerprint density at radius 3 is 3.06 bits per heavy atom. The second kappa shape index (κ2) is 5.20. The van der Waals surface area contributed by atoms with Crippen LogP contribution in [0.15, 0.2) is 18.3 Å². The largest absolute Gasteiger partial charge is 0.377 e. The van der Waals surface area contributed by atoms with E-state index in [-0.39, 0.29) is 22.7 Å². The Morgan fingerprint density at radius 2 is 2.41 bits per heavy atom. The zero-order valence-electron chi connectivity index (χ0n) is 9.10. The molecule has 0 aliphatic carbocycles. The van der Waals surface area contributed by atoms with Gasteiger partial charge in [0.25, 0.3) is 0 Å². The summed E-state index contributed by atoms with van der Waals surface area (Å²) < 4.78 is 31.3. The molecule has 1 N–H and O–H groups in total. The number of aromatic nitrogens is 1. The molecule has 1 unspecified atom stereocenters. The summed E-state index contributed by atoms with van der Waals surface area (Å²) in [7, 11) is -3.46. The van der Waals surface area contributed by atoms with Crippen LogP contribution in [0.3, 0.4) is 0 Å². The molecule has 17 heavy (non-hydrogen) atoms. The van der Waals surface area contributed by atoms with Crippen LogP contribution in [0, 0.1) is 0 Å². The van der Waals surface area contributed by atoms with Crippen molar-refractivity contribution in [2.24, 2.45) is 0 Å². The molecule has 0 aromatic carbocycles. The molecule has 2 heterocycles. The monoisotopic (exact) mass is 276 g/mol. The predicted octanol–water partition coefficient (Wildman–Crippen LogP) is 1.66. The van der Waals surface area contributed by atoms with E-state index in [0.29, 0.717) is 6.61 Å². The van der Waals surface area contributed by atoms with Gasteiger partial charge in [-0.15, -0.1) is 0 Å². The summed E-state index contributed by atoms with van der Waals surface area (Å²) in [4.78, 5) is 3.87. The summed E-state index contributed by atoms with van der Waals surface area (Å²) in [6.07, 6.45) is 2.94. The summed E-state index contributed by atoms with van der Waals surface area (Å²) in [5.74, 6) is 0.104. The van der Waals surface area contributed by atoms with Gasteiger partial charge in [0.15, 0.2) is 5.82 Å². The average molecular weight is 277 g/mol. The van der Waals surface area contributed by atoms with Gasteiger partial charge < -0.3 is 4.74 Å². The third-order valence-electron chi connectivity index (χ3n) is 2.44. The lowest BCUT2D eigenvalue weighted by Crippen LogP contribution is -2.26. The minimum atomic E-state index is -3.46. The van der Waals surface area contributed by atoms with Crippen LogP contribution < -0.4 is 4.72 Å². The normalized spacial score (nSPS) is 20.4. The van der Waals surface area contributed by atoms with E-state index in [9.17, 15) is 8.42 Å². The van der Waals surface area contributed by atoms with Gasteiger partial charge in [-0.1, -0.05) is 11.6 Å². The molecule has 7 heteroatoms. The molecule has 0 radical (unpaired) electrons. The van der Waals surface area contributed by atoms with Crippen LogP contribution in [-0.4, -0.2) is 31.9 Å². The van der Waals surface area contributed by atoms with Gasteiger partial charge in [-0.2, -0.15) is 0 Å². The van der Waals surface area contributed by atoms with Crippen LogP contribution in [0.2, 0.25) is 5.02 Å². The number of pyridine rings is 1. The van der Waals surface area contributed by atoms with Crippen molar-refractivity contribution in [2.75, 3.05) is 17.1 Å². The predicted molar refractivity (Wildman–Crippen MR) is 65.6 cm³/mol. The molecule has 1 aliphatic rings. The van der Waals surface area contributed by atoms with Crippen molar-refractivity contribution in [3.8, 4) is 0 Å². The van der Waals surface area contributed by atoms with Crippen LogP contribution >= 0.6 is 11.6 Å². The molecule has 0 bridgehead atoms. The number of hydrogen-bond donors (Lipinski definition) is 1. The minimum absolute atomic E-state index is 0.0557. The van der Waals surface area contributed by atoms with Gasteiger partial charge in [0.2, 0.25) is 10.0 Å². The van der Waals surface area contributed by atoms with Crippen molar-refractivity contribution in [3.63, 3.8) is 0 Å². The lowest BCUT2D eigenvalue weighted by Gasteiger charge is -2.12. The van der Waals surface area contributed by atoms with E-state index < -0.39 is 10.0 Å². The van der Waals surface area contributed by atoms with Crippen molar-refractivity contribution in [1.82, 2.24) is 4.98 Å². The van der Waals surface area contributed by atoms with Gasteiger partial charge in [-0.25, -0.2) is 13.4 Å². The molecule has 94 valence electrons. The van der Waals surface area contributed by atoms with Gasteiger partial charge in [0.05, 0.1) is 16.9 Å². The maximum atomic E-state index is 11.8. The van der Waals surface area contributed by atoms with E-state index >= 15 is 0 Å². The fourth-order valence-corrected chi connectivity index (χ4v) is 3.19. The fraction of sp³-hybridized carbons (Fsp3) is 0.500. The highest BCUT2D eigenvalue weighted by atomic mass is 35.5. The molecule has 0 spiro atoms. The molecule has 1 aromatic rings. The minimum Gasteiger partial charge on any atom is -0.377 e. The molecule has 1 aliphatic heterocycles. The van der Waals surface area contributed by atoms with Crippen molar-refractivity contribution in [2.45, 2.75) is 18.9 Å². The molecule has 1 saturated heterocycles. The van der Waals surface area contributed by atoms with Crippen LogP contribution in [0.25, 0.3) is 0 Å². The molecule has 0 amide bonds. The van der Waals surface area contributed by atoms with Gasteiger partial charge >= 0.3 is 0 Å². The quantitative estimate of drug-likeness (QED) is 0.908. The first-order chi connectivity index (χ1) is 8.07. The Morgan fingerprint density at radius 1 is 1.59 bits per heavy atom. The molecule has 2 rings (SSSR count). The SMILES string of the molecule is O=S(=O)(CC1CCCO1)Nc1ncccc1Cl. The van der Waals surface area contributed by atoms with Crippen molar-refractivity contribution >= 4 is 27.4 Å². The lowest BCUT2D eigenvalue weighted by molar-refractivity contribution is 0.127. The third kappa shape index (κ3) is 3.55. The summed E-state index contributed by atoms with van der Waals surface area (Å²) in [6.45, 7) is 0.629. The van der Waals surface area contributed by atoms with Gasteiger partial charge in [0, 0.05) is 12.8 Å². The zero-order valence-corrected chi connectivity index (χ0v) is 10.7. The lowest BCUT2D eigenvalue weighted by atomic mass is 10.3. The Bertz CT molecular complexity index is 486. The van der Waals surface area contributed by atoms with Gasteiger partial charge in [-0.3, -0.25) is 4.72 Å². The van der Waals surface area contributed by atoms with E-state index in [1.54, 1.807) is 12.1 Å². The number of hydrogen-bond acceptors (Lipinski definition) is 4. The Balaban J connectivity index is 2.04. The summed E-state index contributed by atoms with van der Waals surface area (Å²) in [5, 5.41) is 0.281. The highest BCUT2D eigenvalue weighted by Crippen LogP contribution is 2.20. The maximum Gasteiger partial charge on any atom is 0.236 e.